The lowest BCUT2D eigenvalue weighted by atomic mass is 9.90. The lowest BCUT2D eigenvalue weighted by Crippen LogP contribution is -2.45. The van der Waals surface area contributed by atoms with Crippen LogP contribution in [0.3, 0.4) is 0 Å². The normalized spacial score (nSPS) is 30.1. The molecule has 0 bridgehead atoms. The van der Waals surface area contributed by atoms with Gasteiger partial charge in [-0.2, -0.15) is 0 Å². The molecule has 26 heavy (non-hydrogen) atoms. The number of nitrogens with zero attached hydrogens (tertiary/aromatic N) is 2. The molecular weight excluding hydrogens is 330 g/mol. The zero-order chi connectivity index (χ0) is 17.8. The number of hydrogen-bond acceptors (Lipinski definition) is 5. The van der Waals surface area contributed by atoms with E-state index in [-0.39, 0.29) is 18.1 Å². The molecule has 0 aromatic carbocycles. The number of ether oxygens (including phenoxy) is 2. The molecule has 3 aliphatic heterocycles. The molecule has 3 atom stereocenters. The average Bonchev–Trinajstić information content (AvgIpc) is 3.11. The van der Waals surface area contributed by atoms with E-state index in [9.17, 15) is 4.79 Å². The molecule has 6 heteroatoms. The number of aromatic nitrogens is 1. The average molecular weight is 359 g/mol. The van der Waals surface area contributed by atoms with E-state index in [1.807, 2.05) is 18.2 Å². The molecule has 3 fully saturated rings. The minimum atomic E-state index is -0.309. The number of likely N-dealkylation sites (tertiary alicyclic amines) is 1. The number of pyridine rings is 1. The zero-order valence-electron chi connectivity index (χ0n) is 15.3. The van der Waals surface area contributed by atoms with Gasteiger partial charge in [0, 0.05) is 32.5 Å². The van der Waals surface area contributed by atoms with Gasteiger partial charge in [-0.15, -0.1) is 0 Å². The first-order valence-corrected chi connectivity index (χ1v) is 9.91. The molecule has 142 valence electrons. The predicted octanol–water partition coefficient (Wildman–Crippen LogP) is 1.60. The van der Waals surface area contributed by atoms with Crippen molar-refractivity contribution in [3.8, 4) is 0 Å². The summed E-state index contributed by atoms with van der Waals surface area (Å²) in [4.78, 5) is 19.2. The van der Waals surface area contributed by atoms with Crippen LogP contribution in [0.15, 0.2) is 24.4 Å². The number of fused-ring (bicyclic) bond motifs is 1. The summed E-state index contributed by atoms with van der Waals surface area (Å²) in [6.07, 6.45) is 5.97. The second kappa shape index (κ2) is 8.46. The van der Waals surface area contributed by atoms with Gasteiger partial charge in [-0.05, 0) is 56.2 Å². The van der Waals surface area contributed by atoms with Crippen LogP contribution in [0.2, 0.25) is 0 Å². The molecule has 1 amide bonds. The monoisotopic (exact) mass is 359 g/mol. The van der Waals surface area contributed by atoms with E-state index >= 15 is 0 Å². The summed E-state index contributed by atoms with van der Waals surface area (Å²) in [5, 5.41) is 2.97. The summed E-state index contributed by atoms with van der Waals surface area (Å²) in [7, 11) is 0. The van der Waals surface area contributed by atoms with Gasteiger partial charge in [0.25, 0.3) is 0 Å². The Balaban J connectivity index is 1.24. The van der Waals surface area contributed by atoms with E-state index in [1.165, 1.54) is 12.8 Å². The van der Waals surface area contributed by atoms with Crippen molar-refractivity contribution in [2.75, 3.05) is 32.8 Å². The van der Waals surface area contributed by atoms with E-state index in [0.29, 0.717) is 12.5 Å². The fourth-order valence-corrected chi connectivity index (χ4v) is 4.42. The topological polar surface area (TPSA) is 63.7 Å². The first-order chi connectivity index (χ1) is 12.8. The Morgan fingerprint density at radius 1 is 1.27 bits per heavy atom. The van der Waals surface area contributed by atoms with Crippen molar-refractivity contribution in [3.05, 3.63) is 30.1 Å². The van der Waals surface area contributed by atoms with Gasteiger partial charge < -0.3 is 19.7 Å². The van der Waals surface area contributed by atoms with Crippen LogP contribution in [-0.4, -0.2) is 60.8 Å². The van der Waals surface area contributed by atoms with Crippen molar-refractivity contribution >= 4 is 5.91 Å². The molecule has 1 aromatic heterocycles. The van der Waals surface area contributed by atoms with Gasteiger partial charge in [0.05, 0.1) is 18.3 Å². The second-order valence-corrected chi connectivity index (χ2v) is 7.80. The van der Waals surface area contributed by atoms with Crippen LogP contribution in [-0.2, 0) is 20.8 Å². The fourth-order valence-electron chi connectivity index (χ4n) is 4.42. The smallest absolute Gasteiger partial charge is 0.249 e. The van der Waals surface area contributed by atoms with Crippen molar-refractivity contribution in [2.24, 2.45) is 11.8 Å². The third-order valence-electron chi connectivity index (χ3n) is 5.96. The molecule has 0 unspecified atom stereocenters. The first-order valence-electron chi connectivity index (χ1n) is 9.91. The molecule has 3 saturated heterocycles. The summed E-state index contributed by atoms with van der Waals surface area (Å²) < 4.78 is 11.6. The highest BCUT2D eigenvalue weighted by atomic mass is 16.5. The number of carbonyl (C=O) groups excluding carboxylic acids is 1. The number of hydrogen-bond donors (Lipinski definition) is 1. The predicted molar refractivity (Wildman–Crippen MR) is 97.5 cm³/mol. The maximum absolute atomic E-state index is 12.5. The Hall–Kier alpha value is -1.50. The maximum Gasteiger partial charge on any atom is 0.249 e. The standard InChI is InChI=1S/C20H29N3O3/c24-20(22-12-17-3-1-2-7-21-17)18-11-16-4-8-23(14-19(16)26-18)13-15-5-9-25-10-6-15/h1-3,7,15-16,18-19H,4-6,8-14H2,(H,22,24)/t16-,18+,19+/m1/s1. The Labute approximate surface area is 155 Å². The van der Waals surface area contributed by atoms with Gasteiger partial charge in [-0.1, -0.05) is 6.07 Å². The molecule has 4 heterocycles. The van der Waals surface area contributed by atoms with Crippen molar-refractivity contribution < 1.29 is 14.3 Å². The minimum absolute atomic E-state index is 0.000956. The van der Waals surface area contributed by atoms with Crippen LogP contribution in [0, 0.1) is 11.8 Å². The summed E-state index contributed by atoms with van der Waals surface area (Å²) in [6.45, 7) is 5.51. The summed E-state index contributed by atoms with van der Waals surface area (Å²) in [6, 6.07) is 5.73. The highest BCUT2D eigenvalue weighted by Crippen LogP contribution is 2.34. The van der Waals surface area contributed by atoms with E-state index < -0.39 is 0 Å². The van der Waals surface area contributed by atoms with Crippen molar-refractivity contribution in [3.63, 3.8) is 0 Å². The molecule has 0 radical (unpaired) electrons. The van der Waals surface area contributed by atoms with E-state index in [0.717, 1.165) is 57.3 Å². The quantitative estimate of drug-likeness (QED) is 0.865. The van der Waals surface area contributed by atoms with E-state index in [1.54, 1.807) is 6.20 Å². The van der Waals surface area contributed by atoms with Crippen molar-refractivity contribution in [1.29, 1.82) is 0 Å². The van der Waals surface area contributed by atoms with Gasteiger partial charge >= 0.3 is 0 Å². The van der Waals surface area contributed by atoms with Crippen LogP contribution in [0.5, 0.6) is 0 Å². The molecule has 1 aromatic rings. The number of amides is 1. The molecule has 0 aliphatic carbocycles. The largest absolute Gasteiger partial charge is 0.381 e. The van der Waals surface area contributed by atoms with E-state index in [2.05, 4.69) is 15.2 Å². The number of rotatable bonds is 5. The van der Waals surface area contributed by atoms with Crippen LogP contribution in [0.25, 0.3) is 0 Å². The van der Waals surface area contributed by atoms with Crippen LogP contribution in [0.4, 0.5) is 0 Å². The Morgan fingerprint density at radius 3 is 2.96 bits per heavy atom. The highest BCUT2D eigenvalue weighted by molar-refractivity contribution is 5.81. The van der Waals surface area contributed by atoms with E-state index in [4.69, 9.17) is 9.47 Å². The van der Waals surface area contributed by atoms with Gasteiger partial charge in [-0.3, -0.25) is 9.78 Å². The summed E-state index contributed by atoms with van der Waals surface area (Å²) in [5.74, 6) is 1.27. The maximum atomic E-state index is 12.5. The first kappa shape index (κ1) is 17.9. The Bertz CT molecular complexity index is 591. The summed E-state index contributed by atoms with van der Waals surface area (Å²) >= 11 is 0. The van der Waals surface area contributed by atoms with Gasteiger partial charge in [-0.25, -0.2) is 0 Å². The minimum Gasteiger partial charge on any atom is -0.381 e. The number of nitrogens with one attached hydrogen (secondary N) is 1. The molecule has 1 N–H and O–H groups in total. The molecular formula is C20H29N3O3. The summed E-state index contributed by atoms with van der Waals surface area (Å²) in [5.41, 5.74) is 0.874. The SMILES string of the molecule is O=C(NCc1ccccn1)[C@@H]1C[C@H]2CCN(CC3CCOCC3)C[C@@H]2O1. The van der Waals surface area contributed by atoms with Gasteiger partial charge in [0.15, 0.2) is 0 Å². The molecule has 3 aliphatic rings. The lowest BCUT2D eigenvalue weighted by Gasteiger charge is -2.36. The third kappa shape index (κ3) is 4.42. The lowest BCUT2D eigenvalue weighted by molar-refractivity contribution is -0.133. The van der Waals surface area contributed by atoms with Crippen molar-refractivity contribution in [2.45, 2.75) is 44.4 Å². The second-order valence-electron chi connectivity index (χ2n) is 7.80. The number of carbonyl (C=O) groups is 1. The Kier molecular flexibility index (Phi) is 5.82. The van der Waals surface area contributed by atoms with Gasteiger partial charge in [0.1, 0.15) is 6.10 Å². The van der Waals surface area contributed by atoms with Crippen LogP contribution in [0.1, 0.15) is 31.4 Å². The molecule has 6 nitrogen and oxygen atoms in total. The number of piperidine rings is 1. The highest BCUT2D eigenvalue weighted by Gasteiger charge is 2.42. The molecule has 0 spiro atoms. The van der Waals surface area contributed by atoms with Crippen LogP contribution >= 0.6 is 0 Å². The van der Waals surface area contributed by atoms with Crippen LogP contribution < -0.4 is 5.32 Å². The van der Waals surface area contributed by atoms with Crippen molar-refractivity contribution in [1.82, 2.24) is 15.2 Å². The Morgan fingerprint density at radius 2 is 2.15 bits per heavy atom. The molecule has 4 rings (SSSR count). The zero-order valence-corrected chi connectivity index (χ0v) is 15.3. The third-order valence-corrected chi connectivity index (χ3v) is 5.96. The van der Waals surface area contributed by atoms with Gasteiger partial charge in [0.2, 0.25) is 5.91 Å². The fraction of sp³-hybridized carbons (Fsp3) is 0.700. The molecule has 0 saturated carbocycles.